The first-order valence-electron chi connectivity index (χ1n) is 27.3. The Balaban J connectivity index is 0.000000130. The van der Waals surface area contributed by atoms with Crippen molar-refractivity contribution in [1.82, 2.24) is 0 Å². The normalized spacial score (nSPS) is 30.7. The first-order chi connectivity index (χ1) is 37.7. The summed E-state index contributed by atoms with van der Waals surface area (Å²) in [5, 5.41) is 0. The molecule has 0 saturated heterocycles. The summed E-state index contributed by atoms with van der Waals surface area (Å²) in [5.41, 5.74) is 3.05. The molecule has 16 heteroatoms. The molecule has 4 aromatic carbocycles. The highest BCUT2D eigenvalue weighted by molar-refractivity contribution is 9.11. The Hall–Kier alpha value is -4.90. The van der Waals surface area contributed by atoms with Crippen molar-refractivity contribution in [1.29, 1.82) is 0 Å². The minimum atomic E-state index is -1.22. The number of carbonyl (C=O) groups is 10. The quantitative estimate of drug-likeness (QED) is 0.137. The van der Waals surface area contributed by atoms with Crippen LogP contribution in [0.3, 0.4) is 0 Å². The Morgan fingerprint density at radius 3 is 0.963 bits per heavy atom. The van der Waals surface area contributed by atoms with E-state index in [0.29, 0.717) is 61.2 Å². The lowest BCUT2D eigenvalue weighted by atomic mass is 9.60. The van der Waals surface area contributed by atoms with Crippen LogP contribution < -0.4 is 0 Å². The molecule has 8 aliphatic rings. The lowest BCUT2D eigenvalue weighted by Gasteiger charge is -2.40. The molecule has 0 aromatic heterocycles. The van der Waals surface area contributed by atoms with Gasteiger partial charge in [0.15, 0.2) is 23.1 Å². The average Bonchev–Trinajstić information content (AvgIpc) is 4.21. The van der Waals surface area contributed by atoms with Crippen LogP contribution in [0.25, 0.3) is 0 Å². The summed E-state index contributed by atoms with van der Waals surface area (Å²) in [7, 11) is 2.56. The fraction of sp³-hybridized carbons (Fsp3) is 0.469. The van der Waals surface area contributed by atoms with Gasteiger partial charge < -0.3 is 9.47 Å². The molecule has 8 aliphatic carbocycles. The number of ketones is 8. The molecule has 4 fully saturated rings. The average molecular weight is 1340 g/mol. The topological polar surface area (TPSA) is 189 Å². The molecule has 12 nitrogen and oxygen atoms in total. The van der Waals surface area contributed by atoms with Crippen molar-refractivity contribution in [2.45, 2.75) is 130 Å². The fourth-order valence-corrected chi connectivity index (χ4v) is 16.1. The van der Waals surface area contributed by atoms with Gasteiger partial charge in [0.05, 0.1) is 14.2 Å². The first kappa shape index (κ1) is 59.7. The van der Waals surface area contributed by atoms with E-state index in [2.05, 4.69) is 63.7 Å². The number of esters is 2. The van der Waals surface area contributed by atoms with Gasteiger partial charge in [0.1, 0.15) is 34.0 Å². The van der Waals surface area contributed by atoms with Gasteiger partial charge in [-0.2, -0.15) is 0 Å². The van der Waals surface area contributed by atoms with Gasteiger partial charge >= 0.3 is 11.9 Å². The number of ether oxygens (including phenoxy) is 2. The number of methoxy groups -OCH3 is 2. The molecule has 0 N–H and O–H groups in total. The highest BCUT2D eigenvalue weighted by atomic mass is 79.9. The van der Waals surface area contributed by atoms with Crippen molar-refractivity contribution in [3.8, 4) is 0 Å². The Kier molecular flexibility index (Phi) is 16.7. The van der Waals surface area contributed by atoms with Crippen LogP contribution >= 0.6 is 63.7 Å². The highest BCUT2D eigenvalue weighted by Gasteiger charge is 2.59. The molecule has 4 spiro atoms. The summed E-state index contributed by atoms with van der Waals surface area (Å²) in [6.45, 7) is 7.12. The van der Waals surface area contributed by atoms with Crippen molar-refractivity contribution in [3.05, 3.63) is 135 Å². The summed E-state index contributed by atoms with van der Waals surface area (Å²) in [4.78, 5) is 123. The van der Waals surface area contributed by atoms with Gasteiger partial charge in [0, 0.05) is 99.3 Å². The zero-order valence-electron chi connectivity index (χ0n) is 45.8. The predicted octanol–water partition coefficient (Wildman–Crippen LogP) is 13.3. The van der Waals surface area contributed by atoms with E-state index in [1.54, 1.807) is 13.8 Å². The standard InChI is InChI=1S/2C17H17BrO4.2C15H15BrO2/c2*1-16(15(21)22-2)9-17(6-5-13(16)19)8-10-3-4-11(18)7-12(10)14(17)20;2*1-9-7-15(5-4-13(9)17)8-10-2-3-11(16)6-12(10)14(15)18/h2*3-4,7H,5-6,8-9H2,1-2H3;2*2-3,6,9H,4-5,7-8H2,1H3/t2*16-,17-;2*9-,15-/m1010/s1. The van der Waals surface area contributed by atoms with E-state index in [-0.39, 0.29) is 83.0 Å². The van der Waals surface area contributed by atoms with Crippen molar-refractivity contribution in [3.63, 3.8) is 0 Å². The number of hydrogen-bond donors (Lipinski definition) is 0. The molecule has 0 unspecified atom stereocenters. The van der Waals surface area contributed by atoms with Crippen LogP contribution in [0.15, 0.2) is 90.7 Å². The predicted molar refractivity (Wildman–Crippen MR) is 312 cm³/mol. The Bertz CT molecular complexity index is 3130. The maximum Gasteiger partial charge on any atom is 0.319 e. The summed E-state index contributed by atoms with van der Waals surface area (Å²) in [5.74, 6) is -0.0703. The smallest absolute Gasteiger partial charge is 0.319 e. The lowest BCUT2D eigenvalue weighted by molar-refractivity contribution is -0.162. The second-order valence-corrected chi connectivity index (χ2v) is 28.0. The molecule has 12 rings (SSSR count). The largest absolute Gasteiger partial charge is 0.468 e. The van der Waals surface area contributed by atoms with Crippen LogP contribution in [0.4, 0.5) is 0 Å². The summed E-state index contributed by atoms with van der Waals surface area (Å²) >= 11 is 13.6. The number of halogens is 4. The van der Waals surface area contributed by atoms with Gasteiger partial charge in [-0.25, -0.2) is 0 Å². The van der Waals surface area contributed by atoms with Crippen molar-refractivity contribution in [2.24, 2.45) is 44.3 Å². The Morgan fingerprint density at radius 1 is 0.425 bits per heavy atom. The molecule has 0 radical (unpaired) electrons. The first-order valence-corrected chi connectivity index (χ1v) is 30.5. The summed E-state index contributed by atoms with van der Waals surface area (Å²) in [6, 6.07) is 23.3. The minimum absolute atomic E-state index is 0.0282. The molecule has 4 saturated carbocycles. The lowest BCUT2D eigenvalue weighted by Crippen LogP contribution is -2.49. The van der Waals surface area contributed by atoms with Crippen molar-refractivity contribution >= 4 is 122 Å². The van der Waals surface area contributed by atoms with Gasteiger partial charge in [-0.05, 0) is 162 Å². The number of fused-ring (bicyclic) bond motifs is 4. The molecule has 0 amide bonds. The minimum Gasteiger partial charge on any atom is -0.468 e. The molecule has 420 valence electrons. The number of benzene rings is 4. The fourth-order valence-electron chi connectivity index (χ4n) is 14.6. The van der Waals surface area contributed by atoms with Crippen LogP contribution in [-0.2, 0) is 63.9 Å². The van der Waals surface area contributed by atoms with Gasteiger partial charge in [-0.15, -0.1) is 0 Å². The van der Waals surface area contributed by atoms with Crippen LogP contribution in [-0.4, -0.2) is 72.4 Å². The Labute approximate surface area is 499 Å². The van der Waals surface area contributed by atoms with Gasteiger partial charge in [0.25, 0.3) is 0 Å². The van der Waals surface area contributed by atoms with Gasteiger partial charge in [-0.1, -0.05) is 102 Å². The van der Waals surface area contributed by atoms with E-state index in [1.807, 2.05) is 86.6 Å². The molecule has 8 atom stereocenters. The third-order valence-corrected chi connectivity index (χ3v) is 21.0. The summed E-state index contributed by atoms with van der Waals surface area (Å²) in [6.07, 6.45) is 8.76. The maximum absolute atomic E-state index is 12.9. The second kappa shape index (κ2) is 22.4. The molecule has 4 aromatic rings. The van der Waals surface area contributed by atoms with Crippen LogP contribution in [0, 0.1) is 44.3 Å². The SMILES string of the molecule is COC(=O)[C@@]1(C)C[C@]2(CCC1=O)Cc1ccc(Br)cc1C2=O.COC(=O)[C@]1(C)C[C@@]2(CCC1=O)Cc1ccc(Br)cc1C2=O.C[C@@H]1C[C@]2(CCC1=O)Cc1ccc(Br)cc1C2=O.C[C@H]1C[C@@]2(CCC1=O)Cc1ccc(Br)cc1C2=O. The molecule has 0 heterocycles. The van der Waals surface area contributed by atoms with E-state index in [4.69, 9.17) is 9.47 Å². The van der Waals surface area contributed by atoms with E-state index in [9.17, 15) is 47.9 Å². The Morgan fingerprint density at radius 2 is 0.688 bits per heavy atom. The monoisotopic (exact) mass is 1340 g/mol. The molecule has 80 heavy (non-hydrogen) atoms. The van der Waals surface area contributed by atoms with E-state index < -0.39 is 33.6 Å². The van der Waals surface area contributed by atoms with Crippen LogP contribution in [0.5, 0.6) is 0 Å². The maximum atomic E-state index is 12.9. The molecular formula is C64H64Br4O12. The van der Waals surface area contributed by atoms with Gasteiger partial charge in [0.2, 0.25) is 0 Å². The van der Waals surface area contributed by atoms with Crippen LogP contribution in [0.1, 0.15) is 168 Å². The van der Waals surface area contributed by atoms with Gasteiger partial charge in [-0.3, -0.25) is 47.9 Å². The van der Waals surface area contributed by atoms with E-state index in [0.717, 1.165) is 89.8 Å². The summed E-state index contributed by atoms with van der Waals surface area (Å²) < 4.78 is 13.3. The number of hydrogen-bond acceptors (Lipinski definition) is 12. The van der Waals surface area contributed by atoms with E-state index >= 15 is 0 Å². The highest BCUT2D eigenvalue weighted by Crippen LogP contribution is 2.55. The zero-order valence-corrected chi connectivity index (χ0v) is 52.2. The van der Waals surface area contributed by atoms with E-state index in [1.165, 1.54) is 14.2 Å². The molecular weight excluding hydrogens is 1280 g/mol. The third kappa shape index (κ3) is 10.6. The second-order valence-electron chi connectivity index (χ2n) is 24.3. The zero-order chi connectivity index (χ0) is 58.1. The third-order valence-electron chi connectivity index (χ3n) is 19.0. The molecule has 0 aliphatic heterocycles. The number of carbonyl (C=O) groups excluding carboxylic acids is 10. The number of rotatable bonds is 2. The van der Waals surface area contributed by atoms with Crippen LogP contribution in [0.2, 0.25) is 0 Å². The van der Waals surface area contributed by atoms with Crippen molar-refractivity contribution in [2.75, 3.05) is 14.2 Å². The molecule has 0 bridgehead atoms. The van der Waals surface area contributed by atoms with Crippen molar-refractivity contribution < 1.29 is 57.4 Å². The number of Topliss-reactive ketones (excluding diaryl/α,β-unsaturated/α-hetero) is 8.